The van der Waals surface area contributed by atoms with E-state index in [1.165, 1.54) is 12.1 Å². The molecule has 0 fully saturated rings. The Labute approximate surface area is 130 Å². The average molecular weight is 308 g/mol. The molecule has 0 saturated heterocycles. The smallest absolute Gasteiger partial charge is 0.378 e. The number of fused-ring (bicyclic) bond motifs is 2. The Balaban J connectivity index is 0.000000136. The van der Waals surface area contributed by atoms with Crippen molar-refractivity contribution in [3.8, 4) is 5.75 Å². The molecule has 2 aromatic heterocycles. The quantitative estimate of drug-likeness (QED) is 0.504. The molecule has 0 amide bonds. The molecule has 0 aliphatic heterocycles. The van der Waals surface area contributed by atoms with Gasteiger partial charge in [0.15, 0.2) is 0 Å². The third-order valence-corrected chi connectivity index (χ3v) is 3.15. The lowest BCUT2D eigenvalue weighted by atomic mass is 10.2. The molecule has 23 heavy (non-hydrogen) atoms. The SMILES string of the molecule is O=c1ccc2ccccc2o1.O=c1oc2ccccc2cc1O. The van der Waals surface area contributed by atoms with Gasteiger partial charge in [0.05, 0.1) is 0 Å². The van der Waals surface area contributed by atoms with E-state index < -0.39 is 5.63 Å². The highest BCUT2D eigenvalue weighted by molar-refractivity contribution is 5.77. The molecular formula is C18H12O5. The Morgan fingerprint density at radius 2 is 1.30 bits per heavy atom. The molecule has 5 heteroatoms. The minimum atomic E-state index is -0.700. The normalized spacial score (nSPS) is 10.3. The van der Waals surface area contributed by atoms with Crippen molar-refractivity contribution < 1.29 is 13.9 Å². The molecule has 5 nitrogen and oxygen atoms in total. The van der Waals surface area contributed by atoms with E-state index in [2.05, 4.69) is 0 Å². The summed E-state index contributed by atoms with van der Waals surface area (Å²) in [6.07, 6.45) is 0. The van der Waals surface area contributed by atoms with E-state index in [9.17, 15) is 9.59 Å². The van der Waals surface area contributed by atoms with Crippen LogP contribution in [0.1, 0.15) is 0 Å². The van der Waals surface area contributed by atoms with E-state index in [1.54, 1.807) is 30.3 Å². The first kappa shape index (κ1) is 14.6. The Morgan fingerprint density at radius 1 is 0.696 bits per heavy atom. The monoisotopic (exact) mass is 308 g/mol. The molecule has 2 heterocycles. The number of para-hydroxylation sites is 2. The highest BCUT2D eigenvalue weighted by Crippen LogP contribution is 2.14. The topological polar surface area (TPSA) is 80.7 Å². The van der Waals surface area contributed by atoms with Gasteiger partial charge in [0, 0.05) is 16.8 Å². The van der Waals surface area contributed by atoms with Crippen molar-refractivity contribution in [2.45, 2.75) is 0 Å². The maximum atomic E-state index is 10.8. The predicted molar refractivity (Wildman–Crippen MR) is 86.6 cm³/mol. The average Bonchev–Trinajstić information content (AvgIpc) is 2.56. The van der Waals surface area contributed by atoms with Crippen LogP contribution in [0, 0.1) is 0 Å². The Morgan fingerprint density at radius 3 is 2.04 bits per heavy atom. The summed E-state index contributed by atoms with van der Waals surface area (Å²) in [5, 5.41) is 10.7. The molecule has 0 aliphatic rings. The molecule has 0 unspecified atom stereocenters. The van der Waals surface area contributed by atoms with Crippen molar-refractivity contribution in [2.24, 2.45) is 0 Å². The summed E-state index contributed by atoms with van der Waals surface area (Å²) >= 11 is 0. The van der Waals surface area contributed by atoms with Gasteiger partial charge in [-0.15, -0.1) is 0 Å². The molecule has 0 spiro atoms. The second-order valence-electron chi connectivity index (χ2n) is 4.75. The second kappa shape index (κ2) is 6.19. The van der Waals surface area contributed by atoms with Gasteiger partial charge in [0.1, 0.15) is 11.2 Å². The van der Waals surface area contributed by atoms with Crippen LogP contribution in [-0.2, 0) is 0 Å². The van der Waals surface area contributed by atoms with Crippen LogP contribution in [0.4, 0.5) is 0 Å². The summed E-state index contributed by atoms with van der Waals surface area (Å²) in [5.74, 6) is -0.353. The molecule has 0 aliphatic carbocycles. The number of hydrogen-bond acceptors (Lipinski definition) is 5. The lowest BCUT2D eigenvalue weighted by Gasteiger charge is -1.94. The molecule has 114 valence electrons. The van der Waals surface area contributed by atoms with Crippen molar-refractivity contribution in [3.63, 3.8) is 0 Å². The zero-order valence-corrected chi connectivity index (χ0v) is 11.9. The Bertz CT molecular complexity index is 1080. The summed E-state index contributed by atoms with van der Waals surface area (Å²) in [6, 6.07) is 19.0. The van der Waals surface area contributed by atoms with Crippen LogP contribution < -0.4 is 11.3 Å². The summed E-state index contributed by atoms with van der Waals surface area (Å²) in [4.78, 5) is 21.5. The van der Waals surface area contributed by atoms with E-state index >= 15 is 0 Å². The standard InChI is InChI=1S/C9H6O3.C9H6O2/c10-7-5-6-3-1-2-4-8(6)12-9(7)11;10-9-6-5-7-3-1-2-4-8(7)11-9/h1-5,10H;1-6H. The lowest BCUT2D eigenvalue weighted by Crippen LogP contribution is -1.96. The van der Waals surface area contributed by atoms with Crippen LogP contribution in [0.25, 0.3) is 21.9 Å². The summed E-state index contributed by atoms with van der Waals surface area (Å²) < 4.78 is 9.69. The number of hydrogen-bond donors (Lipinski definition) is 1. The van der Waals surface area contributed by atoms with Gasteiger partial charge in [0.25, 0.3) is 0 Å². The number of rotatable bonds is 0. The fourth-order valence-electron chi connectivity index (χ4n) is 2.06. The predicted octanol–water partition coefficient (Wildman–Crippen LogP) is 3.29. The van der Waals surface area contributed by atoms with Gasteiger partial charge in [-0.1, -0.05) is 36.4 Å². The minimum Gasteiger partial charge on any atom is -0.502 e. The van der Waals surface area contributed by atoms with Gasteiger partial charge < -0.3 is 13.9 Å². The van der Waals surface area contributed by atoms with Gasteiger partial charge in [-0.3, -0.25) is 0 Å². The Hall–Kier alpha value is -3.34. The van der Waals surface area contributed by atoms with Gasteiger partial charge in [-0.05, 0) is 24.3 Å². The van der Waals surface area contributed by atoms with Gasteiger partial charge >= 0.3 is 11.3 Å². The molecule has 0 bridgehead atoms. The molecule has 0 radical (unpaired) electrons. The van der Waals surface area contributed by atoms with E-state index in [0.717, 1.165) is 10.8 Å². The van der Waals surface area contributed by atoms with E-state index in [1.807, 2.05) is 24.3 Å². The molecule has 0 atom stereocenters. The van der Waals surface area contributed by atoms with Crippen LogP contribution in [0.3, 0.4) is 0 Å². The summed E-state index contributed by atoms with van der Waals surface area (Å²) in [6.45, 7) is 0. The molecule has 2 aromatic carbocycles. The Kier molecular flexibility index (Phi) is 3.93. The van der Waals surface area contributed by atoms with Gasteiger partial charge in [0.2, 0.25) is 5.75 Å². The zero-order valence-electron chi connectivity index (χ0n) is 11.9. The molecular weight excluding hydrogens is 296 g/mol. The first-order valence-corrected chi connectivity index (χ1v) is 6.84. The van der Waals surface area contributed by atoms with E-state index in [4.69, 9.17) is 13.9 Å². The maximum Gasteiger partial charge on any atom is 0.378 e. The summed E-state index contributed by atoms with van der Waals surface area (Å²) in [5.41, 5.74) is 0.123. The van der Waals surface area contributed by atoms with E-state index in [0.29, 0.717) is 11.2 Å². The van der Waals surface area contributed by atoms with Crippen molar-refractivity contribution in [1.29, 1.82) is 0 Å². The highest BCUT2D eigenvalue weighted by Gasteiger charge is 2.00. The first-order valence-electron chi connectivity index (χ1n) is 6.84. The lowest BCUT2D eigenvalue weighted by molar-refractivity contribution is 0.428. The van der Waals surface area contributed by atoms with Gasteiger partial charge in [-0.2, -0.15) is 0 Å². The number of aromatic hydroxyl groups is 1. The van der Waals surface area contributed by atoms with Crippen molar-refractivity contribution in [1.82, 2.24) is 0 Å². The van der Waals surface area contributed by atoms with Crippen LogP contribution >= 0.6 is 0 Å². The molecule has 4 rings (SSSR count). The summed E-state index contributed by atoms with van der Waals surface area (Å²) in [7, 11) is 0. The van der Waals surface area contributed by atoms with Crippen molar-refractivity contribution in [3.05, 3.63) is 87.6 Å². The van der Waals surface area contributed by atoms with Crippen molar-refractivity contribution in [2.75, 3.05) is 0 Å². The third-order valence-electron chi connectivity index (χ3n) is 3.15. The zero-order chi connectivity index (χ0) is 16.2. The highest BCUT2D eigenvalue weighted by atomic mass is 16.4. The molecule has 1 N–H and O–H groups in total. The van der Waals surface area contributed by atoms with Crippen LogP contribution in [0.5, 0.6) is 5.75 Å². The first-order chi connectivity index (χ1) is 11.1. The van der Waals surface area contributed by atoms with Crippen molar-refractivity contribution >= 4 is 21.9 Å². The maximum absolute atomic E-state index is 10.8. The van der Waals surface area contributed by atoms with Crippen LogP contribution in [0.2, 0.25) is 0 Å². The van der Waals surface area contributed by atoms with Crippen LogP contribution in [-0.4, -0.2) is 5.11 Å². The second-order valence-corrected chi connectivity index (χ2v) is 4.75. The van der Waals surface area contributed by atoms with E-state index in [-0.39, 0.29) is 11.4 Å². The third kappa shape index (κ3) is 3.29. The largest absolute Gasteiger partial charge is 0.502 e. The minimum absolute atomic E-state index is 0.302. The van der Waals surface area contributed by atoms with Crippen LogP contribution in [0.15, 0.2) is 85.2 Å². The number of benzene rings is 2. The molecule has 0 saturated carbocycles. The fraction of sp³-hybridized carbons (Fsp3) is 0. The molecule has 4 aromatic rings. The van der Waals surface area contributed by atoms with Gasteiger partial charge in [-0.25, -0.2) is 9.59 Å². The fourth-order valence-corrected chi connectivity index (χ4v) is 2.06.